The van der Waals surface area contributed by atoms with Crippen molar-refractivity contribution in [3.8, 4) is 0 Å². The summed E-state index contributed by atoms with van der Waals surface area (Å²) in [5.41, 5.74) is 0. The van der Waals surface area contributed by atoms with E-state index in [1.807, 2.05) is 16.7 Å². The molecule has 0 aromatic rings. The maximum atomic E-state index is 12.3. The predicted molar refractivity (Wildman–Crippen MR) is 67.0 cm³/mol. The van der Waals surface area contributed by atoms with Gasteiger partial charge >= 0.3 is 0 Å². The van der Waals surface area contributed by atoms with Gasteiger partial charge in [-0.15, -0.1) is 0 Å². The van der Waals surface area contributed by atoms with E-state index < -0.39 is 0 Å². The molecule has 0 aromatic carbocycles. The summed E-state index contributed by atoms with van der Waals surface area (Å²) in [6.45, 7) is 6.08. The molecule has 5 nitrogen and oxygen atoms in total. The second-order valence-corrected chi connectivity index (χ2v) is 4.95. The molecule has 0 radical (unpaired) electrons. The number of ether oxygens (including phenoxy) is 1. The molecule has 0 aromatic heterocycles. The van der Waals surface area contributed by atoms with Gasteiger partial charge in [-0.1, -0.05) is 6.92 Å². The molecule has 18 heavy (non-hydrogen) atoms. The molecule has 0 N–H and O–H groups in total. The molecule has 2 heterocycles. The third-order valence-electron chi connectivity index (χ3n) is 3.82. The molecule has 0 atom stereocenters. The Kier molecular flexibility index (Phi) is 4.58. The number of piperidine rings is 1. The number of hydrogen-bond donors (Lipinski definition) is 0. The molecule has 2 fully saturated rings. The van der Waals surface area contributed by atoms with Gasteiger partial charge in [0, 0.05) is 38.5 Å². The van der Waals surface area contributed by atoms with E-state index >= 15 is 0 Å². The van der Waals surface area contributed by atoms with Gasteiger partial charge in [-0.05, 0) is 12.8 Å². The van der Waals surface area contributed by atoms with E-state index in [1.165, 1.54) is 0 Å². The van der Waals surface area contributed by atoms with Crippen LogP contribution in [-0.4, -0.2) is 61.0 Å². The molecular formula is C13H22N2O3. The van der Waals surface area contributed by atoms with Crippen molar-refractivity contribution in [2.75, 3.05) is 39.4 Å². The zero-order valence-electron chi connectivity index (χ0n) is 11.1. The Morgan fingerprint density at radius 3 is 2.22 bits per heavy atom. The van der Waals surface area contributed by atoms with Crippen LogP contribution < -0.4 is 0 Å². The average molecular weight is 254 g/mol. The first-order chi connectivity index (χ1) is 8.72. The largest absolute Gasteiger partial charge is 0.378 e. The van der Waals surface area contributed by atoms with Gasteiger partial charge in [-0.25, -0.2) is 0 Å². The maximum absolute atomic E-state index is 12.3. The molecule has 0 spiro atoms. The molecule has 2 saturated heterocycles. The van der Waals surface area contributed by atoms with Gasteiger partial charge in [0.2, 0.25) is 11.8 Å². The van der Waals surface area contributed by atoms with Crippen LogP contribution in [0.1, 0.15) is 26.2 Å². The first kappa shape index (κ1) is 13.3. The first-order valence-electron chi connectivity index (χ1n) is 6.86. The zero-order chi connectivity index (χ0) is 13.0. The molecule has 0 unspecified atom stereocenters. The summed E-state index contributed by atoms with van der Waals surface area (Å²) >= 11 is 0. The standard InChI is InChI=1S/C13H22N2O3/c1-2-12(16)14-5-3-11(4-6-14)13(17)15-7-9-18-10-8-15/h11H,2-10H2,1H3. The number of hydrogen-bond acceptors (Lipinski definition) is 3. The molecule has 2 amide bonds. The summed E-state index contributed by atoms with van der Waals surface area (Å²) in [7, 11) is 0. The minimum Gasteiger partial charge on any atom is -0.378 e. The van der Waals surface area contributed by atoms with Gasteiger partial charge in [0.05, 0.1) is 13.2 Å². The Bertz CT molecular complexity index is 305. The van der Waals surface area contributed by atoms with E-state index in [4.69, 9.17) is 4.74 Å². The maximum Gasteiger partial charge on any atom is 0.225 e. The molecule has 2 rings (SSSR count). The van der Waals surface area contributed by atoms with Crippen molar-refractivity contribution in [3.63, 3.8) is 0 Å². The van der Waals surface area contributed by atoms with Crippen molar-refractivity contribution >= 4 is 11.8 Å². The quantitative estimate of drug-likeness (QED) is 0.721. The lowest BCUT2D eigenvalue weighted by molar-refractivity contribution is -0.143. The van der Waals surface area contributed by atoms with Gasteiger partial charge < -0.3 is 14.5 Å². The molecule has 5 heteroatoms. The van der Waals surface area contributed by atoms with Crippen LogP contribution in [0.15, 0.2) is 0 Å². The van der Waals surface area contributed by atoms with Crippen molar-refractivity contribution in [1.29, 1.82) is 0 Å². The molecule has 0 aliphatic carbocycles. The van der Waals surface area contributed by atoms with Crippen LogP contribution in [0.25, 0.3) is 0 Å². The second-order valence-electron chi connectivity index (χ2n) is 4.95. The van der Waals surface area contributed by atoms with Crippen molar-refractivity contribution in [2.24, 2.45) is 5.92 Å². The van der Waals surface area contributed by atoms with E-state index in [-0.39, 0.29) is 17.7 Å². The molecule has 102 valence electrons. The van der Waals surface area contributed by atoms with Crippen LogP contribution >= 0.6 is 0 Å². The number of nitrogens with zero attached hydrogens (tertiary/aromatic N) is 2. The van der Waals surface area contributed by atoms with Crippen molar-refractivity contribution in [2.45, 2.75) is 26.2 Å². The SMILES string of the molecule is CCC(=O)N1CCC(C(=O)N2CCOCC2)CC1. The second kappa shape index (κ2) is 6.18. The fraction of sp³-hybridized carbons (Fsp3) is 0.846. The van der Waals surface area contributed by atoms with Crippen molar-refractivity contribution in [3.05, 3.63) is 0 Å². The highest BCUT2D eigenvalue weighted by Crippen LogP contribution is 2.20. The highest BCUT2D eigenvalue weighted by atomic mass is 16.5. The number of likely N-dealkylation sites (tertiary alicyclic amines) is 1. The summed E-state index contributed by atoms with van der Waals surface area (Å²) in [6.07, 6.45) is 2.17. The van der Waals surface area contributed by atoms with Crippen LogP contribution in [0, 0.1) is 5.92 Å². The number of carbonyl (C=O) groups excluding carboxylic acids is 2. The molecular weight excluding hydrogens is 232 g/mol. The van der Waals surface area contributed by atoms with Gasteiger partial charge in [0.1, 0.15) is 0 Å². The topological polar surface area (TPSA) is 49.9 Å². The van der Waals surface area contributed by atoms with Crippen molar-refractivity contribution in [1.82, 2.24) is 9.80 Å². The van der Waals surface area contributed by atoms with E-state index in [0.717, 1.165) is 25.9 Å². The van der Waals surface area contributed by atoms with Crippen LogP contribution in [0.4, 0.5) is 0 Å². The monoisotopic (exact) mass is 254 g/mol. The van der Waals surface area contributed by atoms with E-state index in [1.54, 1.807) is 0 Å². The third kappa shape index (κ3) is 3.02. The average Bonchev–Trinajstić information content (AvgIpc) is 2.47. The Balaban J connectivity index is 1.81. The summed E-state index contributed by atoms with van der Waals surface area (Å²) < 4.78 is 5.25. The normalized spacial score (nSPS) is 22.1. The number of amides is 2. The minimum atomic E-state index is 0.101. The lowest BCUT2D eigenvalue weighted by atomic mass is 9.95. The van der Waals surface area contributed by atoms with E-state index in [0.29, 0.717) is 32.7 Å². The minimum absolute atomic E-state index is 0.101. The zero-order valence-corrected chi connectivity index (χ0v) is 11.1. The van der Waals surface area contributed by atoms with Crippen LogP contribution in [-0.2, 0) is 14.3 Å². The Morgan fingerprint density at radius 1 is 1.06 bits per heavy atom. The fourth-order valence-electron chi connectivity index (χ4n) is 2.64. The van der Waals surface area contributed by atoms with Crippen molar-refractivity contribution < 1.29 is 14.3 Å². The Morgan fingerprint density at radius 2 is 1.67 bits per heavy atom. The number of rotatable bonds is 2. The Hall–Kier alpha value is -1.10. The highest BCUT2D eigenvalue weighted by molar-refractivity contribution is 5.80. The molecule has 2 aliphatic heterocycles. The predicted octanol–water partition coefficient (Wildman–Crippen LogP) is 0.494. The van der Waals surface area contributed by atoms with Gasteiger partial charge in [-0.3, -0.25) is 9.59 Å². The molecule has 0 saturated carbocycles. The van der Waals surface area contributed by atoms with Gasteiger partial charge in [0.25, 0.3) is 0 Å². The highest BCUT2D eigenvalue weighted by Gasteiger charge is 2.30. The summed E-state index contributed by atoms with van der Waals surface area (Å²) in [5.74, 6) is 0.554. The molecule has 0 bridgehead atoms. The van der Waals surface area contributed by atoms with Crippen LogP contribution in [0.3, 0.4) is 0 Å². The third-order valence-corrected chi connectivity index (χ3v) is 3.82. The Labute approximate surface area is 108 Å². The van der Waals surface area contributed by atoms with Crippen LogP contribution in [0.5, 0.6) is 0 Å². The fourth-order valence-corrected chi connectivity index (χ4v) is 2.64. The lowest BCUT2D eigenvalue weighted by Crippen LogP contribution is -2.47. The molecule has 2 aliphatic rings. The van der Waals surface area contributed by atoms with E-state index in [9.17, 15) is 9.59 Å². The summed E-state index contributed by atoms with van der Waals surface area (Å²) in [4.78, 5) is 27.6. The van der Waals surface area contributed by atoms with Gasteiger partial charge in [0.15, 0.2) is 0 Å². The van der Waals surface area contributed by atoms with E-state index in [2.05, 4.69) is 0 Å². The van der Waals surface area contributed by atoms with Crippen LogP contribution in [0.2, 0.25) is 0 Å². The first-order valence-corrected chi connectivity index (χ1v) is 6.86. The summed E-state index contributed by atoms with van der Waals surface area (Å²) in [5, 5.41) is 0. The van der Waals surface area contributed by atoms with Gasteiger partial charge in [-0.2, -0.15) is 0 Å². The summed E-state index contributed by atoms with van der Waals surface area (Å²) in [6, 6.07) is 0. The number of carbonyl (C=O) groups is 2. The smallest absolute Gasteiger partial charge is 0.225 e. The lowest BCUT2D eigenvalue weighted by Gasteiger charge is -2.35. The number of morpholine rings is 1.